The van der Waals surface area contributed by atoms with E-state index in [2.05, 4.69) is 22.5 Å². The van der Waals surface area contributed by atoms with Gasteiger partial charge in [0, 0.05) is 17.2 Å². The van der Waals surface area contributed by atoms with Crippen LogP contribution < -0.4 is 10.6 Å². The number of aromatic nitrogens is 1. The van der Waals surface area contributed by atoms with Crippen LogP contribution in [0.25, 0.3) is 10.2 Å². The van der Waals surface area contributed by atoms with Crippen LogP contribution in [-0.2, 0) is 4.79 Å². The SMILES string of the molecule is Cc1cccc(C)c1NC(=O)c1ccc2nc(NC(=O)C3CC3C)sc2c1. The first-order valence-corrected chi connectivity index (χ1v) is 9.83. The molecule has 0 saturated heterocycles. The fraction of sp³-hybridized carbons (Fsp3) is 0.286. The van der Waals surface area contributed by atoms with E-state index in [0.717, 1.165) is 33.5 Å². The van der Waals surface area contributed by atoms with Crippen molar-refractivity contribution in [2.45, 2.75) is 27.2 Å². The number of carbonyl (C=O) groups is 2. The molecule has 2 N–H and O–H groups in total. The average Bonchev–Trinajstić information content (AvgIpc) is 3.23. The van der Waals surface area contributed by atoms with E-state index in [9.17, 15) is 9.59 Å². The lowest BCUT2D eigenvalue weighted by molar-refractivity contribution is -0.117. The highest BCUT2D eigenvalue weighted by atomic mass is 32.1. The molecule has 1 fully saturated rings. The first-order chi connectivity index (χ1) is 12.9. The molecule has 5 nitrogen and oxygen atoms in total. The number of nitrogens with one attached hydrogen (secondary N) is 2. The smallest absolute Gasteiger partial charge is 0.255 e. The zero-order valence-corrected chi connectivity index (χ0v) is 16.3. The summed E-state index contributed by atoms with van der Waals surface area (Å²) in [4.78, 5) is 29.2. The summed E-state index contributed by atoms with van der Waals surface area (Å²) in [6.07, 6.45) is 0.944. The monoisotopic (exact) mass is 379 g/mol. The minimum absolute atomic E-state index is 0.0366. The Labute approximate surface area is 161 Å². The van der Waals surface area contributed by atoms with Gasteiger partial charge in [0.15, 0.2) is 5.13 Å². The largest absolute Gasteiger partial charge is 0.322 e. The number of nitrogens with zero attached hydrogens (tertiary/aromatic N) is 1. The molecule has 2 aromatic carbocycles. The maximum Gasteiger partial charge on any atom is 0.255 e. The molecule has 2 atom stereocenters. The zero-order valence-electron chi connectivity index (χ0n) is 15.5. The van der Waals surface area contributed by atoms with Crippen molar-refractivity contribution in [2.75, 3.05) is 10.6 Å². The number of carbonyl (C=O) groups excluding carboxylic acids is 2. The van der Waals surface area contributed by atoms with Gasteiger partial charge in [-0.05, 0) is 55.5 Å². The van der Waals surface area contributed by atoms with Crippen LogP contribution in [0.3, 0.4) is 0 Å². The van der Waals surface area contributed by atoms with Gasteiger partial charge in [-0.3, -0.25) is 9.59 Å². The first-order valence-electron chi connectivity index (χ1n) is 9.01. The second kappa shape index (κ2) is 6.78. The van der Waals surface area contributed by atoms with Crippen LogP contribution >= 0.6 is 11.3 Å². The minimum Gasteiger partial charge on any atom is -0.322 e. The van der Waals surface area contributed by atoms with Crippen LogP contribution in [0.5, 0.6) is 0 Å². The Bertz CT molecular complexity index is 1040. The van der Waals surface area contributed by atoms with E-state index in [1.807, 2.05) is 44.2 Å². The Hall–Kier alpha value is -2.73. The van der Waals surface area contributed by atoms with Crippen LogP contribution in [0, 0.1) is 25.7 Å². The van der Waals surface area contributed by atoms with E-state index in [1.165, 1.54) is 11.3 Å². The number of hydrogen-bond donors (Lipinski definition) is 2. The third-order valence-electron chi connectivity index (χ3n) is 5.05. The molecule has 0 aliphatic heterocycles. The van der Waals surface area contributed by atoms with Gasteiger partial charge in [-0.1, -0.05) is 36.5 Å². The number of hydrogen-bond acceptors (Lipinski definition) is 4. The van der Waals surface area contributed by atoms with Gasteiger partial charge in [-0.2, -0.15) is 0 Å². The number of rotatable bonds is 4. The fourth-order valence-electron chi connectivity index (χ4n) is 3.20. The van der Waals surface area contributed by atoms with Gasteiger partial charge in [0.05, 0.1) is 10.2 Å². The molecule has 6 heteroatoms. The van der Waals surface area contributed by atoms with E-state index >= 15 is 0 Å². The molecule has 27 heavy (non-hydrogen) atoms. The number of fused-ring (bicyclic) bond motifs is 1. The summed E-state index contributed by atoms with van der Waals surface area (Å²) in [5.74, 6) is 0.449. The molecule has 138 valence electrons. The summed E-state index contributed by atoms with van der Waals surface area (Å²) in [5.41, 5.74) is 4.26. The summed E-state index contributed by atoms with van der Waals surface area (Å²) in [5, 5.41) is 6.48. The van der Waals surface area contributed by atoms with Crippen molar-refractivity contribution in [3.8, 4) is 0 Å². The van der Waals surface area contributed by atoms with Crippen molar-refractivity contribution in [1.29, 1.82) is 0 Å². The standard InChI is InChI=1S/C21H21N3O2S/c1-11-5-4-6-12(2)18(11)23-19(25)14-7-8-16-17(10-14)27-21(22-16)24-20(26)15-9-13(15)3/h4-8,10,13,15H,9H2,1-3H3,(H,23,25)(H,22,24,26). The summed E-state index contributed by atoms with van der Waals surface area (Å²) in [6, 6.07) is 11.3. The van der Waals surface area contributed by atoms with Crippen molar-refractivity contribution in [2.24, 2.45) is 11.8 Å². The predicted molar refractivity (Wildman–Crippen MR) is 109 cm³/mol. The molecule has 1 aliphatic rings. The summed E-state index contributed by atoms with van der Waals surface area (Å²) in [6.45, 7) is 6.03. The number of aryl methyl sites for hydroxylation is 2. The lowest BCUT2D eigenvalue weighted by Gasteiger charge is -2.11. The predicted octanol–water partition coefficient (Wildman–Crippen LogP) is 4.76. The summed E-state index contributed by atoms with van der Waals surface area (Å²) >= 11 is 1.39. The van der Waals surface area contributed by atoms with E-state index in [1.54, 1.807) is 6.07 Å². The van der Waals surface area contributed by atoms with Crippen molar-refractivity contribution in [1.82, 2.24) is 4.98 Å². The van der Waals surface area contributed by atoms with Gasteiger partial charge in [0.2, 0.25) is 5.91 Å². The summed E-state index contributed by atoms with van der Waals surface area (Å²) < 4.78 is 0.878. The van der Waals surface area contributed by atoms with Crippen LogP contribution in [0.2, 0.25) is 0 Å². The molecule has 4 rings (SSSR count). The number of anilines is 2. The molecule has 1 aromatic heterocycles. The third kappa shape index (κ3) is 3.57. The zero-order chi connectivity index (χ0) is 19.1. The van der Waals surface area contributed by atoms with Crippen LogP contribution in [0.15, 0.2) is 36.4 Å². The number of para-hydroxylation sites is 1. The maximum absolute atomic E-state index is 12.7. The highest BCUT2D eigenvalue weighted by Gasteiger charge is 2.39. The topological polar surface area (TPSA) is 71.1 Å². The third-order valence-corrected chi connectivity index (χ3v) is 5.98. The quantitative estimate of drug-likeness (QED) is 0.686. The summed E-state index contributed by atoms with van der Waals surface area (Å²) in [7, 11) is 0. The lowest BCUT2D eigenvalue weighted by atomic mass is 10.1. The van der Waals surface area contributed by atoms with Crippen LogP contribution in [-0.4, -0.2) is 16.8 Å². The fourth-order valence-corrected chi connectivity index (χ4v) is 4.11. The molecule has 1 aliphatic carbocycles. The second-order valence-electron chi connectivity index (χ2n) is 7.23. The number of thiazole rings is 1. The molecule has 0 spiro atoms. The van der Waals surface area contributed by atoms with Gasteiger partial charge in [-0.15, -0.1) is 0 Å². The maximum atomic E-state index is 12.7. The van der Waals surface area contributed by atoms with Gasteiger partial charge in [-0.25, -0.2) is 4.98 Å². The van der Waals surface area contributed by atoms with Gasteiger partial charge >= 0.3 is 0 Å². The lowest BCUT2D eigenvalue weighted by Crippen LogP contribution is -2.14. The van der Waals surface area contributed by atoms with E-state index < -0.39 is 0 Å². The Balaban J connectivity index is 1.54. The van der Waals surface area contributed by atoms with E-state index in [-0.39, 0.29) is 17.7 Å². The number of benzene rings is 2. The van der Waals surface area contributed by atoms with Crippen molar-refractivity contribution < 1.29 is 9.59 Å². The van der Waals surface area contributed by atoms with Crippen LogP contribution in [0.4, 0.5) is 10.8 Å². The first kappa shape index (κ1) is 17.7. The van der Waals surface area contributed by atoms with Crippen molar-refractivity contribution in [3.63, 3.8) is 0 Å². The van der Waals surface area contributed by atoms with E-state index in [0.29, 0.717) is 16.6 Å². The number of amides is 2. The highest BCUT2D eigenvalue weighted by molar-refractivity contribution is 7.22. The molecular weight excluding hydrogens is 358 g/mol. The normalized spacial score (nSPS) is 18.3. The molecule has 2 amide bonds. The van der Waals surface area contributed by atoms with E-state index in [4.69, 9.17) is 0 Å². The minimum atomic E-state index is -0.153. The molecular formula is C21H21N3O2S. The Kier molecular flexibility index (Phi) is 4.44. The van der Waals surface area contributed by atoms with Gasteiger partial charge in [0.25, 0.3) is 5.91 Å². The Morgan fingerprint density at radius 3 is 2.48 bits per heavy atom. The van der Waals surface area contributed by atoms with Crippen LogP contribution in [0.1, 0.15) is 34.8 Å². The molecule has 1 heterocycles. The molecule has 0 radical (unpaired) electrons. The molecule has 2 unspecified atom stereocenters. The molecule has 3 aromatic rings. The Morgan fingerprint density at radius 1 is 1.11 bits per heavy atom. The van der Waals surface area contributed by atoms with Crippen molar-refractivity contribution >= 4 is 44.2 Å². The molecule has 1 saturated carbocycles. The van der Waals surface area contributed by atoms with Gasteiger partial charge in [0.1, 0.15) is 0 Å². The highest BCUT2D eigenvalue weighted by Crippen LogP contribution is 2.39. The average molecular weight is 379 g/mol. The van der Waals surface area contributed by atoms with Crippen molar-refractivity contribution in [3.05, 3.63) is 53.1 Å². The second-order valence-corrected chi connectivity index (χ2v) is 8.26. The molecule has 0 bridgehead atoms. The van der Waals surface area contributed by atoms with Gasteiger partial charge < -0.3 is 10.6 Å². The Morgan fingerprint density at radius 2 is 1.81 bits per heavy atom.